The van der Waals surface area contributed by atoms with Crippen molar-refractivity contribution >= 4 is 70.4 Å². The molecule has 0 N–H and O–H groups in total. The zero-order chi connectivity index (χ0) is 44.3. The molecule has 6 heteroatoms. The number of fused-ring (bicyclic) bond motifs is 20. The largest absolute Gasteiger partial charge is 0.421 e. The average Bonchev–Trinajstić information content (AvgIpc) is 3.74. The van der Waals surface area contributed by atoms with E-state index in [4.69, 9.17) is 0 Å². The van der Waals surface area contributed by atoms with Gasteiger partial charge in [-0.2, -0.15) is 0 Å². The Labute approximate surface area is 380 Å². The molecule has 0 radical (unpaired) electrons. The maximum absolute atomic E-state index is 2.82. The lowest BCUT2D eigenvalue weighted by molar-refractivity contribution is 0.621. The highest BCUT2D eigenvalue weighted by atomic mass is 15.4. The minimum atomic E-state index is -0.365. The van der Waals surface area contributed by atoms with Gasteiger partial charge in [0, 0.05) is 55.5 Å². The first-order valence-electron chi connectivity index (χ1n) is 23.5. The monoisotopic (exact) mass is 830 g/mol. The van der Waals surface area contributed by atoms with Gasteiger partial charge in [-0.05, 0) is 96.3 Å². The molecule has 0 aromatic heterocycles. The predicted octanol–water partition coefficient (Wildman–Crippen LogP) is 12.8. The molecule has 0 unspecified atom stereocenters. The number of hydrogen-bond donors (Lipinski definition) is 0. The zero-order valence-corrected chi connectivity index (χ0v) is 39.5. The van der Waals surface area contributed by atoms with Gasteiger partial charge in [0.25, 0.3) is 0 Å². The van der Waals surface area contributed by atoms with Crippen LogP contribution in [-0.2, 0) is 21.7 Å². The van der Waals surface area contributed by atoms with E-state index in [1.165, 1.54) is 123 Å². The molecule has 13 rings (SSSR count). The van der Waals surface area contributed by atoms with Gasteiger partial charge < -0.3 is 19.2 Å². The molecule has 0 spiro atoms. The highest BCUT2D eigenvalue weighted by Gasteiger charge is 2.63. The third kappa shape index (κ3) is 4.38. The lowest BCUT2D eigenvalue weighted by Gasteiger charge is -2.46. The van der Waals surface area contributed by atoms with Crippen molar-refractivity contribution in [2.45, 2.75) is 105 Å². The smallest absolute Gasteiger partial charge is 0.359 e. The Kier molecular flexibility index (Phi) is 7.16. The van der Waals surface area contributed by atoms with E-state index in [1.807, 2.05) is 0 Å². The molecule has 6 heterocycles. The van der Waals surface area contributed by atoms with E-state index in [0.29, 0.717) is 0 Å². The molecule has 6 aliphatic heterocycles. The van der Waals surface area contributed by atoms with E-state index < -0.39 is 0 Å². The van der Waals surface area contributed by atoms with Crippen molar-refractivity contribution in [1.29, 1.82) is 0 Å². The van der Waals surface area contributed by atoms with E-state index >= 15 is 0 Å². The first kappa shape index (κ1) is 38.3. The Morgan fingerprint density at radius 1 is 0.312 bits per heavy atom. The summed E-state index contributed by atoms with van der Waals surface area (Å²) in [6.45, 7) is 28.7. The second-order valence-corrected chi connectivity index (χ2v) is 22.1. The van der Waals surface area contributed by atoms with E-state index in [0.717, 1.165) is 0 Å². The van der Waals surface area contributed by atoms with Crippen LogP contribution in [0.2, 0.25) is 0 Å². The normalized spacial score (nSPS) is 18.6. The van der Waals surface area contributed by atoms with Crippen LogP contribution in [0.25, 0.3) is 0 Å². The third-order valence-electron chi connectivity index (χ3n) is 16.8. The van der Waals surface area contributed by atoms with Gasteiger partial charge in [0.05, 0.1) is 22.7 Å². The average molecular weight is 831 g/mol. The molecular formula is C58H56B2N4. The Balaban J connectivity index is 1.29. The molecule has 0 fully saturated rings. The van der Waals surface area contributed by atoms with Crippen LogP contribution in [0.4, 0.5) is 45.5 Å². The highest BCUT2D eigenvalue weighted by molar-refractivity contribution is 6.87. The first-order chi connectivity index (χ1) is 30.5. The quantitative estimate of drug-likeness (QED) is 0.141. The SMILES string of the molecule is Cc1ccc2c(c1)C(C)(C)c1ccccc1B1N2c2c3c(c4c5c2C(C)(C)c2cc(C)ccc2N5B2c5ccccc5C(C)(C)c5cc(C)ccc5N24)C(C)(C)c2cc(C)ccc2N13. The van der Waals surface area contributed by atoms with Crippen molar-refractivity contribution in [3.8, 4) is 0 Å². The number of aryl methyl sites for hydroxylation is 4. The Morgan fingerprint density at radius 2 is 0.578 bits per heavy atom. The molecule has 0 saturated heterocycles. The van der Waals surface area contributed by atoms with Gasteiger partial charge in [0.15, 0.2) is 0 Å². The van der Waals surface area contributed by atoms with Crippen molar-refractivity contribution in [3.63, 3.8) is 0 Å². The molecule has 0 bridgehead atoms. The Morgan fingerprint density at radius 3 is 0.875 bits per heavy atom. The number of anilines is 8. The Bertz CT molecular complexity index is 3060. The summed E-state index contributed by atoms with van der Waals surface area (Å²) in [6, 6.07) is 47.9. The second kappa shape index (κ2) is 12.0. The lowest BCUT2D eigenvalue weighted by Crippen LogP contribution is -2.56. The van der Waals surface area contributed by atoms with Gasteiger partial charge in [0.1, 0.15) is 0 Å². The minimum Gasteiger partial charge on any atom is -0.359 e. The fourth-order valence-corrected chi connectivity index (χ4v) is 13.7. The van der Waals surface area contributed by atoms with E-state index in [-0.39, 0.29) is 35.6 Å². The van der Waals surface area contributed by atoms with Crippen LogP contribution in [0.3, 0.4) is 0 Å². The van der Waals surface area contributed by atoms with Crippen LogP contribution >= 0.6 is 0 Å². The van der Waals surface area contributed by atoms with Crippen LogP contribution in [0.15, 0.2) is 121 Å². The fraction of sp³-hybridized carbons (Fsp3) is 0.276. The van der Waals surface area contributed by atoms with Crippen LogP contribution in [0.1, 0.15) is 122 Å². The van der Waals surface area contributed by atoms with E-state index in [1.54, 1.807) is 0 Å². The summed E-state index contributed by atoms with van der Waals surface area (Å²) in [5.74, 6) is 0. The summed E-state index contributed by atoms with van der Waals surface area (Å²) in [5.41, 5.74) is 28.5. The molecule has 0 saturated carbocycles. The molecule has 0 aliphatic carbocycles. The zero-order valence-electron chi connectivity index (χ0n) is 39.5. The third-order valence-corrected chi connectivity index (χ3v) is 16.8. The van der Waals surface area contributed by atoms with Gasteiger partial charge in [-0.1, -0.05) is 175 Å². The molecule has 64 heavy (non-hydrogen) atoms. The topological polar surface area (TPSA) is 13.0 Å². The standard InChI is InChI=1S/C58H56B2N4/c1-33-21-25-45-39(29-33)55(5,6)37-17-13-15-19-43(37)59-61(45)51-49-54-52(50-53(51)63(59)47-27-23-35(3)31-41(47)58(50,11)12)62-46-26-22-34(2)30-40(46)56(7,8)38-18-14-16-20-44(38)60(62)64(54)48-28-24-36(4)32-42(48)57(49,9)10/h13-32H,1-12H3. The molecule has 6 aliphatic rings. The van der Waals surface area contributed by atoms with Crippen LogP contribution < -0.4 is 30.2 Å². The summed E-state index contributed by atoms with van der Waals surface area (Å²) in [7, 11) is 0. The van der Waals surface area contributed by atoms with Gasteiger partial charge in [-0.15, -0.1) is 0 Å². The van der Waals surface area contributed by atoms with Crippen LogP contribution in [0.5, 0.6) is 0 Å². The van der Waals surface area contributed by atoms with Gasteiger partial charge in [0.2, 0.25) is 0 Å². The molecule has 0 amide bonds. The maximum Gasteiger partial charge on any atom is 0.421 e. The summed E-state index contributed by atoms with van der Waals surface area (Å²) < 4.78 is 0. The maximum atomic E-state index is 2.82. The molecule has 0 atom stereocenters. The first-order valence-corrected chi connectivity index (χ1v) is 23.5. The van der Waals surface area contributed by atoms with Crippen LogP contribution in [-0.4, -0.2) is 14.0 Å². The number of nitrogens with zero attached hydrogens (tertiary/aromatic N) is 4. The van der Waals surface area contributed by atoms with E-state index in [2.05, 4.69) is 224 Å². The van der Waals surface area contributed by atoms with E-state index in [9.17, 15) is 0 Å². The van der Waals surface area contributed by atoms with Crippen molar-refractivity contribution in [2.75, 3.05) is 19.2 Å². The second-order valence-electron chi connectivity index (χ2n) is 22.1. The van der Waals surface area contributed by atoms with Crippen molar-refractivity contribution < 1.29 is 0 Å². The number of benzene rings is 7. The summed E-state index contributed by atoms with van der Waals surface area (Å²) >= 11 is 0. The number of hydrogen-bond acceptors (Lipinski definition) is 4. The van der Waals surface area contributed by atoms with Crippen molar-refractivity contribution in [3.05, 3.63) is 188 Å². The van der Waals surface area contributed by atoms with Gasteiger partial charge in [-0.25, -0.2) is 0 Å². The van der Waals surface area contributed by atoms with Gasteiger partial charge in [-0.3, -0.25) is 0 Å². The molecule has 7 aromatic rings. The fourth-order valence-electron chi connectivity index (χ4n) is 13.7. The summed E-state index contributed by atoms with van der Waals surface area (Å²) in [6.07, 6.45) is 0. The van der Waals surface area contributed by atoms with Crippen molar-refractivity contribution in [2.24, 2.45) is 0 Å². The number of rotatable bonds is 0. The lowest BCUT2D eigenvalue weighted by atomic mass is 9.59. The molecule has 7 aromatic carbocycles. The molecule has 314 valence electrons. The highest BCUT2D eigenvalue weighted by Crippen LogP contribution is 2.71. The van der Waals surface area contributed by atoms with Crippen molar-refractivity contribution in [1.82, 2.24) is 0 Å². The van der Waals surface area contributed by atoms with Crippen LogP contribution in [0, 0.1) is 27.7 Å². The van der Waals surface area contributed by atoms with Gasteiger partial charge >= 0.3 is 14.0 Å². The Hall–Kier alpha value is -6.13. The molecule has 4 nitrogen and oxygen atoms in total. The predicted molar refractivity (Wildman–Crippen MR) is 272 cm³/mol. The summed E-state index contributed by atoms with van der Waals surface area (Å²) in [4.78, 5) is 11.2. The summed E-state index contributed by atoms with van der Waals surface area (Å²) in [5, 5.41) is 0. The minimum absolute atomic E-state index is 0.109. The molecular weight excluding hydrogens is 774 g/mol.